The second-order valence-corrected chi connectivity index (χ2v) is 6.92. The van der Waals surface area contributed by atoms with Crippen LogP contribution in [-0.2, 0) is 20.7 Å². The largest absolute Gasteiger partial charge is 0.378 e. The molecule has 6 heteroatoms. The summed E-state index contributed by atoms with van der Waals surface area (Å²) < 4.78 is 5.24. The van der Waals surface area contributed by atoms with Gasteiger partial charge in [0.05, 0.1) is 24.7 Å². The van der Waals surface area contributed by atoms with Crippen LogP contribution < -0.4 is 4.90 Å². The molecule has 1 saturated heterocycles. The highest BCUT2D eigenvalue weighted by molar-refractivity contribution is 8.00. The third kappa shape index (κ3) is 3.70. The number of carbonyl (C=O) groups excluding carboxylic acids is 2. The number of anilines is 1. The number of hydrogen-bond acceptors (Lipinski definition) is 4. The average Bonchev–Trinajstić information content (AvgIpc) is 2.91. The molecule has 23 heavy (non-hydrogen) atoms. The summed E-state index contributed by atoms with van der Waals surface area (Å²) in [6.45, 7) is 4.60. The number of para-hydroxylation sites is 1. The number of fused-ring (bicyclic) bond motifs is 1. The molecule has 3 rings (SSSR count). The predicted octanol–water partition coefficient (Wildman–Crippen LogP) is 1.56. The first-order valence-corrected chi connectivity index (χ1v) is 9.15. The van der Waals surface area contributed by atoms with Crippen molar-refractivity contribution in [3.63, 3.8) is 0 Å². The number of thioether (sulfide) groups is 1. The van der Waals surface area contributed by atoms with Crippen molar-refractivity contribution in [1.29, 1.82) is 0 Å². The van der Waals surface area contributed by atoms with E-state index in [2.05, 4.69) is 13.0 Å². The quantitative estimate of drug-likeness (QED) is 0.838. The number of morpholine rings is 1. The van der Waals surface area contributed by atoms with Gasteiger partial charge < -0.3 is 14.5 Å². The zero-order valence-corrected chi connectivity index (χ0v) is 14.2. The van der Waals surface area contributed by atoms with Crippen LogP contribution in [0.5, 0.6) is 0 Å². The molecule has 2 heterocycles. The molecule has 1 aromatic carbocycles. The van der Waals surface area contributed by atoms with Crippen molar-refractivity contribution >= 4 is 29.3 Å². The van der Waals surface area contributed by atoms with Crippen molar-refractivity contribution in [1.82, 2.24) is 4.90 Å². The fourth-order valence-electron chi connectivity index (χ4n) is 3.14. The number of ether oxygens (including phenoxy) is 1. The lowest BCUT2D eigenvalue weighted by atomic mass is 10.1. The molecule has 0 spiro atoms. The standard InChI is InChI=1S/C17H22N2O3S/c1-13-10-14-4-2-3-5-15(14)19(13)17(21)12-23-11-16(20)18-6-8-22-9-7-18/h2-5,13H,6-12H2,1H3. The highest BCUT2D eigenvalue weighted by Gasteiger charge is 2.30. The van der Waals surface area contributed by atoms with Gasteiger partial charge in [0, 0.05) is 24.8 Å². The Morgan fingerprint density at radius 2 is 1.87 bits per heavy atom. The molecule has 0 N–H and O–H groups in total. The Morgan fingerprint density at radius 3 is 2.65 bits per heavy atom. The van der Waals surface area contributed by atoms with Gasteiger partial charge in [0.25, 0.3) is 0 Å². The molecule has 1 fully saturated rings. The Labute approximate surface area is 141 Å². The molecule has 124 valence electrons. The van der Waals surface area contributed by atoms with E-state index in [1.165, 1.54) is 17.3 Å². The van der Waals surface area contributed by atoms with Crippen LogP contribution in [-0.4, -0.2) is 60.6 Å². The Bertz CT molecular complexity index is 587. The van der Waals surface area contributed by atoms with Crippen molar-refractivity contribution in [2.75, 3.05) is 42.7 Å². The van der Waals surface area contributed by atoms with E-state index < -0.39 is 0 Å². The Hall–Kier alpha value is -1.53. The van der Waals surface area contributed by atoms with Gasteiger partial charge in [-0.05, 0) is 25.0 Å². The van der Waals surface area contributed by atoms with E-state index in [1.54, 1.807) is 0 Å². The van der Waals surface area contributed by atoms with Crippen LogP contribution in [0.3, 0.4) is 0 Å². The van der Waals surface area contributed by atoms with Gasteiger partial charge in [0.15, 0.2) is 0 Å². The molecule has 0 bridgehead atoms. The summed E-state index contributed by atoms with van der Waals surface area (Å²) >= 11 is 1.40. The smallest absolute Gasteiger partial charge is 0.237 e. The number of nitrogens with zero attached hydrogens (tertiary/aromatic N) is 2. The lowest BCUT2D eigenvalue weighted by Gasteiger charge is -2.27. The summed E-state index contributed by atoms with van der Waals surface area (Å²) in [4.78, 5) is 28.3. The lowest BCUT2D eigenvalue weighted by Crippen LogP contribution is -2.42. The monoisotopic (exact) mass is 334 g/mol. The van der Waals surface area contributed by atoms with Crippen molar-refractivity contribution in [2.24, 2.45) is 0 Å². The van der Waals surface area contributed by atoms with Crippen molar-refractivity contribution in [3.8, 4) is 0 Å². The topological polar surface area (TPSA) is 49.9 Å². The minimum Gasteiger partial charge on any atom is -0.378 e. The molecule has 5 nitrogen and oxygen atoms in total. The van der Waals surface area contributed by atoms with Gasteiger partial charge in [0.2, 0.25) is 11.8 Å². The second kappa shape index (κ2) is 7.36. The van der Waals surface area contributed by atoms with Crippen LogP contribution in [0.1, 0.15) is 12.5 Å². The van der Waals surface area contributed by atoms with Gasteiger partial charge >= 0.3 is 0 Å². The summed E-state index contributed by atoms with van der Waals surface area (Å²) in [7, 11) is 0. The summed E-state index contributed by atoms with van der Waals surface area (Å²) in [5.74, 6) is 0.882. The highest BCUT2D eigenvalue weighted by Crippen LogP contribution is 2.32. The van der Waals surface area contributed by atoms with E-state index in [0.29, 0.717) is 37.8 Å². The molecular weight excluding hydrogens is 312 g/mol. The maximum Gasteiger partial charge on any atom is 0.237 e. The van der Waals surface area contributed by atoms with Crippen molar-refractivity contribution < 1.29 is 14.3 Å². The molecule has 1 aromatic rings. The molecule has 0 aliphatic carbocycles. The SMILES string of the molecule is CC1Cc2ccccc2N1C(=O)CSCC(=O)N1CCOCC1. The number of rotatable bonds is 4. The van der Waals surface area contributed by atoms with E-state index >= 15 is 0 Å². The second-order valence-electron chi connectivity index (χ2n) is 5.93. The Balaban J connectivity index is 1.51. The van der Waals surface area contributed by atoms with E-state index in [1.807, 2.05) is 28.0 Å². The van der Waals surface area contributed by atoms with Gasteiger partial charge in [0.1, 0.15) is 0 Å². The van der Waals surface area contributed by atoms with Crippen LogP contribution in [0.4, 0.5) is 5.69 Å². The van der Waals surface area contributed by atoms with Crippen LogP contribution in [0.25, 0.3) is 0 Å². The maximum atomic E-state index is 12.5. The molecule has 0 radical (unpaired) electrons. The zero-order chi connectivity index (χ0) is 16.2. The minimum atomic E-state index is 0.0854. The normalized spacial score (nSPS) is 20.5. The molecule has 2 aliphatic rings. The van der Waals surface area contributed by atoms with Crippen LogP contribution in [0.2, 0.25) is 0 Å². The molecular formula is C17H22N2O3S. The third-order valence-electron chi connectivity index (χ3n) is 4.29. The highest BCUT2D eigenvalue weighted by atomic mass is 32.2. The average molecular weight is 334 g/mol. The number of benzene rings is 1. The molecule has 1 unspecified atom stereocenters. The zero-order valence-electron chi connectivity index (χ0n) is 13.4. The number of amides is 2. The van der Waals surface area contributed by atoms with E-state index in [4.69, 9.17) is 4.74 Å². The predicted molar refractivity (Wildman–Crippen MR) is 91.8 cm³/mol. The summed E-state index contributed by atoms with van der Waals surface area (Å²) in [5, 5.41) is 0. The molecule has 2 aliphatic heterocycles. The number of hydrogen-bond donors (Lipinski definition) is 0. The molecule has 1 atom stereocenters. The molecule has 0 saturated carbocycles. The van der Waals surface area contributed by atoms with Crippen LogP contribution in [0, 0.1) is 0 Å². The Kier molecular flexibility index (Phi) is 5.23. The fraction of sp³-hybridized carbons (Fsp3) is 0.529. The summed E-state index contributed by atoms with van der Waals surface area (Å²) in [6.07, 6.45) is 0.902. The van der Waals surface area contributed by atoms with E-state index in [-0.39, 0.29) is 17.9 Å². The van der Waals surface area contributed by atoms with Gasteiger partial charge in [-0.25, -0.2) is 0 Å². The first-order valence-electron chi connectivity index (χ1n) is 8.00. The first-order chi connectivity index (χ1) is 11.2. The molecule has 0 aromatic heterocycles. The van der Waals surface area contributed by atoms with Crippen LogP contribution >= 0.6 is 11.8 Å². The minimum absolute atomic E-state index is 0.0854. The van der Waals surface area contributed by atoms with E-state index in [9.17, 15) is 9.59 Å². The van der Waals surface area contributed by atoms with E-state index in [0.717, 1.165) is 12.1 Å². The van der Waals surface area contributed by atoms with Gasteiger partial charge in [-0.1, -0.05) is 18.2 Å². The lowest BCUT2D eigenvalue weighted by molar-refractivity contribution is -0.132. The van der Waals surface area contributed by atoms with Gasteiger partial charge in [-0.15, -0.1) is 11.8 Å². The number of carbonyl (C=O) groups is 2. The van der Waals surface area contributed by atoms with Crippen molar-refractivity contribution in [2.45, 2.75) is 19.4 Å². The van der Waals surface area contributed by atoms with Crippen molar-refractivity contribution in [3.05, 3.63) is 29.8 Å². The Morgan fingerprint density at radius 1 is 1.17 bits per heavy atom. The summed E-state index contributed by atoms with van der Waals surface area (Å²) in [5.41, 5.74) is 2.24. The summed E-state index contributed by atoms with van der Waals surface area (Å²) in [6, 6.07) is 8.24. The molecule has 2 amide bonds. The van der Waals surface area contributed by atoms with Crippen LogP contribution in [0.15, 0.2) is 24.3 Å². The maximum absolute atomic E-state index is 12.5. The first kappa shape index (κ1) is 16.3. The third-order valence-corrected chi connectivity index (χ3v) is 5.19. The van der Waals surface area contributed by atoms with Gasteiger partial charge in [-0.3, -0.25) is 9.59 Å². The fourth-order valence-corrected chi connectivity index (χ4v) is 3.92. The van der Waals surface area contributed by atoms with Gasteiger partial charge in [-0.2, -0.15) is 0 Å².